The molecule has 0 aliphatic rings. The summed E-state index contributed by atoms with van der Waals surface area (Å²) < 4.78 is 0. The quantitative estimate of drug-likeness (QED) is 0.377. The Morgan fingerprint density at radius 2 is 1.90 bits per heavy atom. The fourth-order valence-corrected chi connectivity index (χ4v) is 2.02. The van der Waals surface area contributed by atoms with Crippen molar-refractivity contribution >= 4 is 46.2 Å². The molecule has 1 aromatic rings. The monoisotopic (exact) mass is 493 g/mol. The molecule has 0 radical (unpaired) electrons. The molecule has 0 spiro atoms. The van der Waals surface area contributed by atoms with Gasteiger partial charge in [-0.15, -0.1) is 11.8 Å². The Labute approximate surface area is 192 Å². The number of primary amides is 1. The summed E-state index contributed by atoms with van der Waals surface area (Å²) in [5.74, 6) is 0.149. The van der Waals surface area contributed by atoms with Crippen LogP contribution in [-0.4, -0.2) is 35.1 Å². The van der Waals surface area contributed by atoms with E-state index in [1.165, 1.54) is 11.8 Å². The van der Waals surface area contributed by atoms with E-state index < -0.39 is 11.9 Å². The first-order valence-corrected chi connectivity index (χ1v) is 9.17. The Morgan fingerprint density at radius 1 is 1.33 bits per heavy atom. The van der Waals surface area contributed by atoms with Crippen LogP contribution in [0.1, 0.15) is 5.56 Å². The van der Waals surface area contributed by atoms with Crippen molar-refractivity contribution < 1.29 is 67.8 Å². The maximum absolute atomic E-state index is 11.4. The Kier molecular flexibility index (Phi) is 18.3. The molecule has 0 fully saturated rings. The van der Waals surface area contributed by atoms with Crippen LogP contribution >= 0.6 is 34.4 Å². The number of nitrogens with two attached hydrogens (primary N) is 1. The van der Waals surface area contributed by atoms with Gasteiger partial charge in [0.2, 0.25) is 11.8 Å². The van der Waals surface area contributed by atoms with E-state index in [1.807, 2.05) is 35.3 Å². The zero-order chi connectivity index (χ0) is 15.4. The average Bonchev–Trinajstić information content (AvgIpc) is 2.48. The van der Waals surface area contributed by atoms with Crippen LogP contribution in [-0.2, 0) is 15.3 Å². The van der Waals surface area contributed by atoms with Gasteiger partial charge in [-0.05, 0) is 16.5 Å². The minimum absolute atomic E-state index is 0. The van der Waals surface area contributed by atoms with Crippen molar-refractivity contribution in [3.05, 3.63) is 41.6 Å². The Morgan fingerprint density at radius 3 is 2.43 bits per heavy atom. The summed E-state index contributed by atoms with van der Waals surface area (Å²) in [5, 5.41) is 2.50. The molecule has 8 heteroatoms. The van der Waals surface area contributed by atoms with E-state index in [2.05, 4.69) is 27.9 Å². The molecule has 1 atom stereocenters. The zero-order valence-electron chi connectivity index (χ0n) is 12.3. The Balaban J connectivity index is 0. The number of carbonyl (C=O) groups is 2. The largest absolute Gasteiger partial charge is 1.00 e. The molecule has 2 amide bonds. The second-order valence-corrected chi connectivity index (χ2v) is 4.72. The normalized spacial score (nSPS) is 10.4. The van der Waals surface area contributed by atoms with E-state index in [9.17, 15) is 9.59 Å². The number of thioether (sulfide) groups is 1. The molecular formula is C13H19IN3O2RbS. The molecule has 5 nitrogen and oxygen atoms in total. The summed E-state index contributed by atoms with van der Waals surface area (Å²) in [4.78, 5) is 24.0. The molecule has 0 bridgehead atoms. The minimum atomic E-state index is -1.08. The van der Waals surface area contributed by atoms with Gasteiger partial charge in [0.25, 0.3) is 0 Å². The van der Waals surface area contributed by atoms with Gasteiger partial charge in [-0.1, -0.05) is 52.9 Å². The van der Waals surface area contributed by atoms with Crippen molar-refractivity contribution in [3.63, 3.8) is 0 Å². The van der Waals surface area contributed by atoms with Gasteiger partial charge in [-0.3, -0.25) is 9.59 Å². The van der Waals surface area contributed by atoms with Gasteiger partial charge < -0.3 is 16.8 Å². The van der Waals surface area contributed by atoms with Crippen molar-refractivity contribution in [2.45, 2.75) is 11.8 Å². The van der Waals surface area contributed by atoms with Crippen LogP contribution in [0.15, 0.2) is 30.3 Å². The molecule has 0 heterocycles. The van der Waals surface area contributed by atoms with Crippen LogP contribution in [0.5, 0.6) is 0 Å². The molecule has 0 aliphatic heterocycles. The summed E-state index contributed by atoms with van der Waals surface area (Å²) in [6.07, 6.45) is 0. The molecular weight excluding hydrogens is 475 g/mol. The number of benzene rings is 1. The predicted octanol–water partition coefficient (Wildman–Crippen LogP) is -1.00. The smallest absolute Gasteiger partial charge is 0.665 e. The molecule has 0 saturated carbocycles. The topological polar surface area (TPSA) is 96.0 Å². The molecule has 0 aliphatic carbocycles. The van der Waals surface area contributed by atoms with Crippen LogP contribution in [0.3, 0.4) is 0 Å². The average molecular weight is 494 g/mol. The van der Waals surface area contributed by atoms with E-state index in [0.29, 0.717) is 5.75 Å². The SMILES string of the molecule is CI.[NH-][C@@H](CNC(=O)CSCc1ccccc1)C(N)=O.[Rb+]. The van der Waals surface area contributed by atoms with Crippen LogP contribution in [0.4, 0.5) is 0 Å². The third-order valence-electron chi connectivity index (χ3n) is 2.19. The fourth-order valence-electron chi connectivity index (χ4n) is 1.20. The Bertz CT molecular complexity index is 410. The van der Waals surface area contributed by atoms with Gasteiger partial charge in [0.05, 0.1) is 5.75 Å². The first kappa shape index (κ1) is 24.3. The summed E-state index contributed by atoms with van der Waals surface area (Å²) in [5.41, 5.74) is 13.3. The van der Waals surface area contributed by atoms with Gasteiger partial charge in [0.15, 0.2) is 0 Å². The first-order chi connectivity index (χ1) is 9.59. The van der Waals surface area contributed by atoms with Crippen LogP contribution in [0.2, 0.25) is 0 Å². The maximum atomic E-state index is 11.4. The molecule has 0 saturated heterocycles. The van der Waals surface area contributed by atoms with E-state index in [-0.39, 0.29) is 70.6 Å². The number of hydrogen-bond donors (Lipinski definition) is 2. The molecule has 4 N–H and O–H groups in total. The number of hydrogen-bond acceptors (Lipinski definition) is 3. The second kappa shape index (κ2) is 15.9. The Hall–Kier alpha value is 1.01. The van der Waals surface area contributed by atoms with Crippen molar-refractivity contribution in [3.8, 4) is 0 Å². The van der Waals surface area contributed by atoms with Gasteiger partial charge in [-0.2, -0.15) is 0 Å². The minimum Gasteiger partial charge on any atom is -0.665 e. The fraction of sp³-hybridized carbons (Fsp3) is 0.385. The predicted molar refractivity (Wildman–Crippen MR) is 92.9 cm³/mol. The van der Waals surface area contributed by atoms with Crippen molar-refractivity contribution in [2.75, 3.05) is 17.2 Å². The summed E-state index contributed by atoms with van der Waals surface area (Å²) in [6.45, 7) is -0.0277. The van der Waals surface area contributed by atoms with Gasteiger partial charge in [0.1, 0.15) is 0 Å². The van der Waals surface area contributed by atoms with E-state index in [4.69, 9.17) is 11.5 Å². The molecule has 112 valence electrons. The number of amides is 2. The van der Waals surface area contributed by atoms with E-state index >= 15 is 0 Å². The number of carbonyl (C=O) groups excluding carboxylic acids is 2. The third-order valence-corrected chi connectivity index (χ3v) is 3.20. The van der Waals surface area contributed by atoms with Crippen molar-refractivity contribution in [1.82, 2.24) is 5.32 Å². The van der Waals surface area contributed by atoms with Crippen LogP contribution in [0, 0.1) is 0 Å². The van der Waals surface area contributed by atoms with Gasteiger partial charge >= 0.3 is 58.2 Å². The molecule has 0 aromatic heterocycles. The number of nitrogens with one attached hydrogen (secondary N) is 2. The molecule has 1 aromatic carbocycles. The number of rotatable bonds is 7. The third kappa shape index (κ3) is 13.2. The van der Waals surface area contributed by atoms with Gasteiger partial charge in [0, 0.05) is 12.3 Å². The second-order valence-electron chi connectivity index (χ2n) is 3.74. The van der Waals surface area contributed by atoms with E-state index in [1.54, 1.807) is 0 Å². The summed E-state index contributed by atoms with van der Waals surface area (Å²) >= 11 is 3.64. The molecule has 1 rings (SSSR count). The number of alkyl halides is 1. The van der Waals surface area contributed by atoms with Crippen LogP contribution < -0.4 is 69.2 Å². The first-order valence-electron chi connectivity index (χ1n) is 5.86. The number of halogens is 1. The molecule has 0 unspecified atom stereocenters. The van der Waals surface area contributed by atoms with Crippen molar-refractivity contribution in [1.29, 1.82) is 0 Å². The van der Waals surface area contributed by atoms with Crippen LogP contribution in [0.25, 0.3) is 5.73 Å². The maximum Gasteiger partial charge on any atom is 1.00 e. The summed E-state index contributed by atoms with van der Waals surface area (Å²) in [7, 11) is 0. The van der Waals surface area contributed by atoms with E-state index in [0.717, 1.165) is 11.3 Å². The summed E-state index contributed by atoms with van der Waals surface area (Å²) in [6, 6.07) is 8.77. The molecule has 21 heavy (non-hydrogen) atoms. The zero-order valence-corrected chi connectivity index (χ0v) is 20.2. The van der Waals surface area contributed by atoms with Crippen molar-refractivity contribution in [2.24, 2.45) is 5.73 Å². The standard InChI is InChI=1S/C12H16N3O2S.CH3I.Rb/c13-10(12(14)17)6-15-11(16)8-18-7-9-4-2-1-3-5-9;1-2;/h1-5,10,13H,6-8H2,(H2,14,17)(H,15,16);1H3;/q-1;;+1/t10-;;/m0../s1. The van der Waals surface area contributed by atoms with Gasteiger partial charge in [-0.25, -0.2) is 0 Å².